The average Bonchev–Trinajstić information content (AvgIpc) is 2.22. The van der Waals surface area contributed by atoms with Crippen LogP contribution in [0.3, 0.4) is 0 Å². The normalized spacial score (nSPS) is 12.1. The van der Waals surface area contributed by atoms with Crippen molar-refractivity contribution < 1.29 is 4.74 Å². The highest BCUT2D eigenvalue weighted by atomic mass is 16.5. The van der Waals surface area contributed by atoms with Crippen molar-refractivity contribution in [3.8, 4) is 0 Å². The molecule has 4 nitrogen and oxygen atoms in total. The van der Waals surface area contributed by atoms with Crippen LogP contribution in [0.2, 0.25) is 0 Å². The minimum absolute atomic E-state index is 0.576. The fraction of sp³-hybridized carbons (Fsp3) is 0.917. The molecular weight excluding hydrogens is 202 g/mol. The Morgan fingerprint density at radius 2 is 2.06 bits per heavy atom. The van der Waals surface area contributed by atoms with Crippen LogP contribution in [-0.2, 0) is 4.74 Å². The van der Waals surface area contributed by atoms with E-state index in [2.05, 4.69) is 24.2 Å². The van der Waals surface area contributed by atoms with Gasteiger partial charge in [0.2, 0.25) is 0 Å². The molecule has 0 rings (SSSR count). The van der Waals surface area contributed by atoms with E-state index in [1.807, 2.05) is 0 Å². The molecule has 0 unspecified atom stereocenters. The summed E-state index contributed by atoms with van der Waals surface area (Å²) < 4.78 is 4.97. The minimum atomic E-state index is 0.576. The topological polar surface area (TPSA) is 59.6 Å². The van der Waals surface area contributed by atoms with Gasteiger partial charge < -0.3 is 15.8 Å². The van der Waals surface area contributed by atoms with Gasteiger partial charge in [-0.25, -0.2) is 0 Å². The zero-order valence-corrected chi connectivity index (χ0v) is 11.0. The fourth-order valence-corrected chi connectivity index (χ4v) is 1.28. The number of guanidine groups is 1. The number of methoxy groups -OCH3 is 1. The van der Waals surface area contributed by atoms with Gasteiger partial charge in [0.05, 0.1) is 0 Å². The highest BCUT2D eigenvalue weighted by Gasteiger charge is 1.94. The van der Waals surface area contributed by atoms with E-state index >= 15 is 0 Å². The van der Waals surface area contributed by atoms with Gasteiger partial charge in [0.1, 0.15) is 0 Å². The van der Waals surface area contributed by atoms with Crippen molar-refractivity contribution >= 4 is 5.96 Å². The molecule has 0 heterocycles. The lowest BCUT2D eigenvalue weighted by molar-refractivity contribution is 0.192. The lowest BCUT2D eigenvalue weighted by Gasteiger charge is -2.07. The molecule has 0 aromatic heterocycles. The van der Waals surface area contributed by atoms with E-state index in [4.69, 9.17) is 10.5 Å². The first-order chi connectivity index (χ1) is 7.66. The first-order valence-electron chi connectivity index (χ1n) is 6.19. The maximum Gasteiger partial charge on any atom is 0.188 e. The van der Waals surface area contributed by atoms with Gasteiger partial charge in [-0.15, -0.1) is 0 Å². The van der Waals surface area contributed by atoms with E-state index in [0.717, 1.165) is 45.4 Å². The second-order valence-corrected chi connectivity index (χ2v) is 4.43. The molecule has 0 fully saturated rings. The molecule has 0 aliphatic carbocycles. The highest BCUT2D eigenvalue weighted by molar-refractivity contribution is 5.77. The fourth-order valence-electron chi connectivity index (χ4n) is 1.28. The van der Waals surface area contributed by atoms with Gasteiger partial charge in [-0.1, -0.05) is 13.8 Å². The van der Waals surface area contributed by atoms with Gasteiger partial charge in [-0.3, -0.25) is 4.99 Å². The summed E-state index contributed by atoms with van der Waals surface area (Å²) in [7, 11) is 1.73. The van der Waals surface area contributed by atoms with Crippen LogP contribution in [0.25, 0.3) is 0 Å². The van der Waals surface area contributed by atoms with Crippen molar-refractivity contribution in [1.82, 2.24) is 5.32 Å². The Morgan fingerprint density at radius 1 is 1.31 bits per heavy atom. The van der Waals surface area contributed by atoms with Gasteiger partial charge in [0.15, 0.2) is 5.96 Å². The molecule has 4 heteroatoms. The van der Waals surface area contributed by atoms with E-state index in [0.29, 0.717) is 11.9 Å². The molecule has 3 N–H and O–H groups in total. The summed E-state index contributed by atoms with van der Waals surface area (Å²) in [5.41, 5.74) is 5.72. The van der Waals surface area contributed by atoms with Crippen LogP contribution in [0.1, 0.15) is 39.5 Å². The third-order valence-corrected chi connectivity index (χ3v) is 2.32. The second-order valence-electron chi connectivity index (χ2n) is 4.43. The van der Waals surface area contributed by atoms with Crippen LogP contribution in [0.15, 0.2) is 4.99 Å². The predicted molar refractivity (Wildman–Crippen MR) is 69.7 cm³/mol. The monoisotopic (exact) mass is 229 g/mol. The van der Waals surface area contributed by atoms with Crippen molar-refractivity contribution in [1.29, 1.82) is 0 Å². The molecule has 0 aliphatic heterocycles. The van der Waals surface area contributed by atoms with Crippen LogP contribution >= 0.6 is 0 Å². The third-order valence-electron chi connectivity index (χ3n) is 2.32. The number of hydrogen-bond acceptors (Lipinski definition) is 2. The summed E-state index contributed by atoms with van der Waals surface area (Å²) >= 11 is 0. The Hall–Kier alpha value is -0.770. The maximum absolute atomic E-state index is 5.72. The SMILES string of the molecule is COCCCCCN=C(N)NCCC(C)C. The lowest BCUT2D eigenvalue weighted by Crippen LogP contribution is -2.33. The molecule has 0 saturated carbocycles. The molecule has 0 radical (unpaired) electrons. The lowest BCUT2D eigenvalue weighted by atomic mass is 10.1. The van der Waals surface area contributed by atoms with Crippen molar-refractivity contribution in [2.45, 2.75) is 39.5 Å². The second kappa shape index (κ2) is 10.7. The molecule has 96 valence electrons. The summed E-state index contributed by atoms with van der Waals surface area (Å²) in [6, 6.07) is 0. The minimum Gasteiger partial charge on any atom is -0.385 e. The maximum atomic E-state index is 5.72. The first-order valence-corrected chi connectivity index (χ1v) is 6.19. The van der Waals surface area contributed by atoms with Gasteiger partial charge in [0.25, 0.3) is 0 Å². The van der Waals surface area contributed by atoms with Crippen LogP contribution in [0.4, 0.5) is 0 Å². The number of nitrogens with one attached hydrogen (secondary N) is 1. The molecule has 0 bridgehead atoms. The Balaban J connectivity index is 3.33. The van der Waals surface area contributed by atoms with Crippen LogP contribution < -0.4 is 11.1 Å². The van der Waals surface area contributed by atoms with E-state index in [1.54, 1.807) is 7.11 Å². The summed E-state index contributed by atoms with van der Waals surface area (Å²) in [6.45, 7) is 6.96. The van der Waals surface area contributed by atoms with Gasteiger partial charge >= 0.3 is 0 Å². The number of ether oxygens (including phenoxy) is 1. The molecule has 0 spiro atoms. The number of unbranched alkanes of at least 4 members (excludes halogenated alkanes) is 2. The van der Waals surface area contributed by atoms with Crippen LogP contribution in [-0.4, -0.2) is 32.8 Å². The van der Waals surface area contributed by atoms with E-state index < -0.39 is 0 Å². The van der Waals surface area contributed by atoms with Gasteiger partial charge in [-0.05, 0) is 31.6 Å². The van der Waals surface area contributed by atoms with Gasteiger partial charge in [0, 0.05) is 26.8 Å². The Morgan fingerprint density at radius 3 is 2.69 bits per heavy atom. The summed E-state index contributed by atoms with van der Waals surface area (Å²) in [4.78, 5) is 4.26. The molecule has 16 heavy (non-hydrogen) atoms. The van der Waals surface area contributed by atoms with E-state index in [9.17, 15) is 0 Å². The highest BCUT2D eigenvalue weighted by Crippen LogP contribution is 1.97. The number of rotatable bonds is 9. The summed E-state index contributed by atoms with van der Waals surface area (Å²) in [5.74, 6) is 1.28. The zero-order chi connectivity index (χ0) is 12.2. The standard InChI is InChI=1S/C12H27N3O/c1-11(2)7-9-15-12(13)14-8-5-4-6-10-16-3/h11H,4-10H2,1-3H3,(H3,13,14,15). The van der Waals surface area contributed by atoms with Crippen LogP contribution in [0.5, 0.6) is 0 Å². The third kappa shape index (κ3) is 11.3. The number of aliphatic imine (C=N–C) groups is 1. The average molecular weight is 229 g/mol. The first kappa shape index (κ1) is 15.2. The summed E-state index contributed by atoms with van der Waals surface area (Å²) in [6.07, 6.45) is 4.46. The molecule has 0 amide bonds. The number of nitrogens with two attached hydrogens (primary N) is 1. The Labute approximate surface area is 99.7 Å². The number of hydrogen-bond donors (Lipinski definition) is 2. The molecule has 0 aliphatic rings. The Bertz CT molecular complexity index is 181. The molecule has 0 saturated heterocycles. The van der Waals surface area contributed by atoms with Crippen molar-refractivity contribution in [3.05, 3.63) is 0 Å². The Kier molecular flexibility index (Phi) is 10.2. The quantitative estimate of drug-likeness (QED) is 0.360. The molecule has 0 atom stereocenters. The predicted octanol–water partition coefficient (Wildman–Crippen LogP) is 1.75. The van der Waals surface area contributed by atoms with Crippen molar-refractivity contribution in [3.63, 3.8) is 0 Å². The number of nitrogens with zero attached hydrogens (tertiary/aromatic N) is 1. The molecular formula is C12H27N3O. The van der Waals surface area contributed by atoms with Crippen molar-refractivity contribution in [2.75, 3.05) is 26.8 Å². The van der Waals surface area contributed by atoms with Crippen LogP contribution in [0, 0.1) is 5.92 Å². The van der Waals surface area contributed by atoms with Crippen molar-refractivity contribution in [2.24, 2.45) is 16.6 Å². The smallest absolute Gasteiger partial charge is 0.188 e. The van der Waals surface area contributed by atoms with Gasteiger partial charge in [-0.2, -0.15) is 0 Å². The molecule has 0 aromatic rings. The molecule has 0 aromatic carbocycles. The summed E-state index contributed by atoms with van der Waals surface area (Å²) in [5, 5.41) is 3.12. The van der Waals surface area contributed by atoms with E-state index in [1.165, 1.54) is 0 Å². The van der Waals surface area contributed by atoms with E-state index in [-0.39, 0.29) is 0 Å². The largest absolute Gasteiger partial charge is 0.385 e. The zero-order valence-electron chi connectivity index (χ0n) is 11.0.